The quantitative estimate of drug-likeness (QED) is 0.605. The first kappa shape index (κ1) is 9.81. The number of pyridine rings is 1. The topological polar surface area (TPSA) is 73.1 Å². The zero-order valence-corrected chi connectivity index (χ0v) is 8.63. The van der Waals surface area contributed by atoms with Crippen molar-refractivity contribution >= 4 is 32.6 Å². The predicted octanol–water partition coefficient (Wildman–Crippen LogP) is 0.473. The lowest BCUT2D eigenvalue weighted by molar-refractivity contribution is 0.568. The molecule has 12 heavy (non-hydrogen) atoms. The number of hydrogen-bond donors (Lipinski definition) is 1. The SMILES string of the molecule is NS(=O)(=O)c1cc(F)nc(I)c1. The summed E-state index contributed by atoms with van der Waals surface area (Å²) in [7, 11) is -3.83. The highest BCUT2D eigenvalue weighted by molar-refractivity contribution is 14.1. The van der Waals surface area contributed by atoms with Crippen LogP contribution in [0.4, 0.5) is 4.39 Å². The highest BCUT2D eigenvalue weighted by Crippen LogP contribution is 2.10. The molecule has 2 N–H and O–H groups in total. The molecule has 0 aliphatic carbocycles. The minimum atomic E-state index is -3.83. The van der Waals surface area contributed by atoms with Crippen molar-refractivity contribution in [1.29, 1.82) is 0 Å². The minimum absolute atomic E-state index is 0.247. The first-order valence-corrected chi connectivity index (χ1v) is 5.38. The van der Waals surface area contributed by atoms with E-state index in [-0.39, 0.29) is 8.60 Å². The van der Waals surface area contributed by atoms with Crippen molar-refractivity contribution in [3.05, 3.63) is 21.8 Å². The third-order valence-electron chi connectivity index (χ3n) is 1.06. The molecule has 4 nitrogen and oxygen atoms in total. The van der Waals surface area contributed by atoms with E-state index in [0.29, 0.717) is 0 Å². The summed E-state index contributed by atoms with van der Waals surface area (Å²) in [4.78, 5) is 3.08. The summed E-state index contributed by atoms with van der Waals surface area (Å²) >= 11 is 1.70. The molecule has 7 heteroatoms. The van der Waals surface area contributed by atoms with Crippen molar-refractivity contribution in [3.63, 3.8) is 0 Å². The monoisotopic (exact) mass is 302 g/mol. The van der Waals surface area contributed by atoms with E-state index in [9.17, 15) is 12.8 Å². The average molecular weight is 302 g/mol. The first-order chi connectivity index (χ1) is 5.39. The Hall–Kier alpha value is -0.280. The molecule has 0 saturated heterocycles. The molecule has 0 amide bonds. The molecule has 0 fully saturated rings. The van der Waals surface area contributed by atoms with E-state index in [1.54, 1.807) is 22.6 Å². The third-order valence-corrected chi connectivity index (χ3v) is 2.51. The zero-order valence-electron chi connectivity index (χ0n) is 5.66. The number of hydrogen-bond acceptors (Lipinski definition) is 3. The Labute approximate surface area is 82.2 Å². The van der Waals surface area contributed by atoms with Gasteiger partial charge in [0.25, 0.3) is 0 Å². The molecule has 0 radical (unpaired) electrons. The molecule has 1 aromatic heterocycles. The van der Waals surface area contributed by atoms with Gasteiger partial charge in [-0.1, -0.05) is 0 Å². The average Bonchev–Trinajstić information content (AvgIpc) is 1.82. The van der Waals surface area contributed by atoms with Gasteiger partial charge >= 0.3 is 0 Å². The molecule has 0 aliphatic rings. The lowest BCUT2D eigenvalue weighted by Gasteiger charge is -1.97. The third kappa shape index (κ3) is 2.35. The van der Waals surface area contributed by atoms with E-state index in [4.69, 9.17) is 5.14 Å². The number of aromatic nitrogens is 1. The van der Waals surface area contributed by atoms with Crippen molar-refractivity contribution in [1.82, 2.24) is 4.98 Å². The maximum atomic E-state index is 12.5. The second-order valence-electron chi connectivity index (χ2n) is 1.99. The van der Waals surface area contributed by atoms with Gasteiger partial charge < -0.3 is 0 Å². The van der Waals surface area contributed by atoms with Crippen LogP contribution in [0.25, 0.3) is 0 Å². The Morgan fingerprint density at radius 2 is 2.08 bits per heavy atom. The molecule has 0 spiro atoms. The summed E-state index contributed by atoms with van der Waals surface area (Å²) in [6.45, 7) is 0. The van der Waals surface area contributed by atoms with Crippen LogP contribution in [0.2, 0.25) is 0 Å². The zero-order chi connectivity index (χ0) is 9.35. The Kier molecular flexibility index (Phi) is 2.64. The first-order valence-electron chi connectivity index (χ1n) is 2.75. The van der Waals surface area contributed by atoms with Gasteiger partial charge in [-0.15, -0.1) is 0 Å². The number of halogens is 2. The molecule has 0 bridgehead atoms. The maximum absolute atomic E-state index is 12.5. The lowest BCUT2D eigenvalue weighted by Crippen LogP contribution is -2.13. The van der Waals surface area contributed by atoms with E-state index in [2.05, 4.69) is 4.98 Å². The Morgan fingerprint density at radius 1 is 1.50 bits per heavy atom. The molecule has 1 heterocycles. The fraction of sp³-hybridized carbons (Fsp3) is 0. The van der Waals surface area contributed by atoms with Gasteiger partial charge in [-0.25, -0.2) is 18.5 Å². The van der Waals surface area contributed by atoms with Gasteiger partial charge in [0, 0.05) is 6.07 Å². The summed E-state index contributed by atoms with van der Waals surface area (Å²) in [5.41, 5.74) is 0. The van der Waals surface area contributed by atoms with Crippen LogP contribution in [0.1, 0.15) is 0 Å². The molecule has 1 rings (SSSR count). The molecular formula is C5H4FIN2O2S. The highest BCUT2D eigenvalue weighted by Gasteiger charge is 2.10. The molecule has 0 unspecified atom stereocenters. The molecule has 0 aliphatic heterocycles. The summed E-state index contributed by atoms with van der Waals surface area (Å²) in [6.07, 6.45) is 0. The second kappa shape index (κ2) is 3.23. The van der Waals surface area contributed by atoms with Gasteiger partial charge in [0.15, 0.2) is 0 Å². The van der Waals surface area contributed by atoms with Crippen molar-refractivity contribution in [2.75, 3.05) is 0 Å². The van der Waals surface area contributed by atoms with Crippen LogP contribution < -0.4 is 5.14 Å². The van der Waals surface area contributed by atoms with Crippen LogP contribution in [0.5, 0.6) is 0 Å². The van der Waals surface area contributed by atoms with Crippen LogP contribution in [0, 0.1) is 9.65 Å². The predicted molar refractivity (Wildman–Crippen MR) is 48.3 cm³/mol. The van der Waals surface area contributed by atoms with Crippen molar-refractivity contribution in [2.24, 2.45) is 5.14 Å². The second-order valence-corrected chi connectivity index (χ2v) is 4.66. The standard InChI is InChI=1S/C5H4FIN2O2S/c6-4-1-3(12(8,10)11)2-5(7)9-4/h1-2H,(H2,8,10,11). The van der Waals surface area contributed by atoms with Gasteiger partial charge in [0.05, 0.1) is 4.90 Å². The minimum Gasteiger partial charge on any atom is -0.225 e. The summed E-state index contributed by atoms with van der Waals surface area (Å²) in [6, 6.07) is 1.97. The van der Waals surface area contributed by atoms with E-state index < -0.39 is 16.0 Å². The Morgan fingerprint density at radius 3 is 2.50 bits per heavy atom. The molecular weight excluding hydrogens is 298 g/mol. The normalized spacial score (nSPS) is 11.6. The van der Waals surface area contributed by atoms with Crippen LogP contribution in [-0.4, -0.2) is 13.4 Å². The summed E-state index contributed by atoms with van der Waals surface area (Å²) in [5, 5.41) is 4.77. The smallest absolute Gasteiger partial charge is 0.225 e. The van der Waals surface area contributed by atoms with E-state index in [0.717, 1.165) is 6.07 Å². The summed E-state index contributed by atoms with van der Waals surface area (Å²) < 4.78 is 34.2. The van der Waals surface area contributed by atoms with E-state index in [1.165, 1.54) is 6.07 Å². The van der Waals surface area contributed by atoms with Gasteiger partial charge in [0.1, 0.15) is 3.70 Å². The van der Waals surface area contributed by atoms with Gasteiger partial charge in [-0.3, -0.25) is 0 Å². The number of sulfonamides is 1. The Bertz CT molecular complexity index is 386. The fourth-order valence-corrected chi connectivity index (χ4v) is 1.92. The van der Waals surface area contributed by atoms with Crippen LogP contribution in [-0.2, 0) is 10.0 Å². The largest absolute Gasteiger partial charge is 0.238 e. The van der Waals surface area contributed by atoms with Crippen LogP contribution in [0.3, 0.4) is 0 Å². The lowest BCUT2D eigenvalue weighted by atomic mass is 10.5. The molecule has 66 valence electrons. The maximum Gasteiger partial charge on any atom is 0.238 e. The molecule has 0 atom stereocenters. The molecule has 0 saturated carbocycles. The number of primary sulfonamides is 1. The molecule has 0 aromatic carbocycles. The Balaban J connectivity index is 3.37. The number of rotatable bonds is 1. The van der Waals surface area contributed by atoms with Crippen LogP contribution >= 0.6 is 22.6 Å². The van der Waals surface area contributed by atoms with Crippen LogP contribution in [0.15, 0.2) is 17.0 Å². The van der Waals surface area contributed by atoms with Crippen molar-refractivity contribution in [2.45, 2.75) is 4.90 Å². The van der Waals surface area contributed by atoms with Crippen molar-refractivity contribution in [3.8, 4) is 0 Å². The van der Waals surface area contributed by atoms with Crippen molar-refractivity contribution < 1.29 is 12.8 Å². The van der Waals surface area contributed by atoms with Gasteiger partial charge in [-0.05, 0) is 28.7 Å². The van der Waals surface area contributed by atoms with Gasteiger partial charge in [0.2, 0.25) is 16.0 Å². The van der Waals surface area contributed by atoms with Gasteiger partial charge in [-0.2, -0.15) is 4.39 Å². The number of nitrogens with zero attached hydrogens (tertiary/aromatic N) is 1. The van der Waals surface area contributed by atoms with E-state index in [1.807, 2.05) is 0 Å². The fourth-order valence-electron chi connectivity index (χ4n) is 0.607. The number of nitrogens with two attached hydrogens (primary N) is 1. The highest BCUT2D eigenvalue weighted by atomic mass is 127. The molecule has 1 aromatic rings. The summed E-state index contributed by atoms with van der Waals surface area (Å²) in [5.74, 6) is -0.856. The van der Waals surface area contributed by atoms with E-state index >= 15 is 0 Å².